The average Bonchev–Trinajstić information content (AvgIpc) is 2.67. The number of piperazine rings is 1. The number of hydrogen-bond donors (Lipinski definition) is 2. The van der Waals surface area contributed by atoms with Crippen molar-refractivity contribution < 1.29 is 19.4 Å². The van der Waals surface area contributed by atoms with Crippen LogP contribution in [0.5, 0.6) is 11.5 Å². The molecule has 0 aliphatic carbocycles. The minimum atomic E-state index is -0.726. The van der Waals surface area contributed by atoms with Crippen molar-refractivity contribution >= 4 is 11.6 Å². The van der Waals surface area contributed by atoms with Crippen LogP contribution >= 0.6 is 0 Å². The van der Waals surface area contributed by atoms with E-state index in [4.69, 9.17) is 9.47 Å². The Hall–Kier alpha value is -1.83. The maximum absolute atomic E-state index is 12.8. The van der Waals surface area contributed by atoms with Crippen LogP contribution in [0, 0.1) is 0 Å². The summed E-state index contributed by atoms with van der Waals surface area (Å²) in [7, 11) is 3.18. The number of nitrogens with zero attached hydrogens (tertiary/aromatic N) is 2. The number of carbonyl (C=O) groups excluding carboxylic acids is 1. The van der Waals surface area contributed by atoms with Gasteiger partial charge in [-0.1, -0.05) is 13.8 Å². The summed E-state index contributed by atoms with van der Waals surface area (Å²) in [5.41, 5.74) is -0.0663. The van der Waals surface area contributed by atoms with Gasteiger partial charge in [-0.25, -0.2) is 0 Å². The number of nitrogens with one attached hydrogen (secondary N) is 1. The molecule has 1 aromatic carbocycles. The monoisotopic (exact) mass is 407 g/mol. The van der Waals surface area contributed by atoms with Crippen molar-refractivity contribution in [3.8, 4) is 11.5 Å². The first-order valence-electron chi connectivity index (χ1n) is 10.4. The Kier molecular flexibility index (Phi) is 8.31. The van der Waals surface area contributed by atoms with E-state index in [1.165, 1.54) is 0 Å². The van der Waals surface area contributed by atoms with E-state index in [-0.39, 0.29) is 11.9 Å². The molecular weight excluding hydrogens is 370 g/mol. The number of anilines is 1. The van der Waals surface area contributed by atoms with Crippen LogP contribution in [-0.2, 0) is 4.79 Å². The van der Waals surface area contributed by atoms with Gasteiger partial charge in [0.15, 0.2) is 0 Å². The highest BCUT2D eigenvalue weighted by atomic mass is 16.5. The van der Waals surface area contributed by atoms with E-state index in [9.17, 15) is 9.90 Å². The Labute approximate surface area is 175 Å². The zero-order valence-corrected chi connectivity index (χ0v) is 18.7. The molecule has 0 spiro atoms. The van der Waals surface area contributed by atoms with Crippen LogP contribution in [0.25, 0.3) is 0 Å². The molecule has 1 heterocycles. The fraction of sp³-hybridized carbons (Fsp3) is 0.682. The Balaban J connectivity index is 2.05. The lowest BCUT2D eigenvalue weighted by Gasteiger charge is -2.47. The largest absolute Gasteiger partial charge is 0.497 e. The topological polar surface area (TPSA) is 74.3 Å². The van der Waals surface area contributed by atoms with Crippen molar-refractivity contribution in [2.24, 2.45) is 0 Å². The highest BCUT2D eigenvalue weighted by Crippen LogP contribution is 2.26. The summed E-state index contributed by atoms with van der Waals surface area (Å²) in [5.74, 6) is 1.22. The highest BCUT2D eigenvalue weighted by Gasteiger charge is 2.35. The van der Waals surface area contributed by atoms with Crippen molar-refractivity contribution in [2.45, 2.75) is 58.2 Å². The number of carbonyl (C=O) groups is 1. The summed E-state index contributed by atoms with van der Waals surface area (Å²) in [6, 6.07) is 5.96. The number of rotatable bonds is 9. The average molecular weight is 408 g/mol. The van der Waals surface area contributed by atoms with Crippen molar-refractivity contribution in [1.29, 1.82) is 0 Å². The molecule has 1 amide bonds. The summed E-state index contributed by atoms with van der Waals surface area (Å²) in [6.07, 6.45) is 1.94. The van der Waals surface area contributed by atoms with Gasteiger partial charge < -0.3 is 19.9 Å². The molecule has 1 aliphatic rings. The lowest BCUT2D eigenvalue weighted by Crippen LogP contribution is -2.61. The van der Waals surface area contributed by atoms with Gasteiger partial charge in [0.1, 0.15) is 11.5 Å². The SMILES string of the molecule is CC[C@@H]1CN(CC(C)(C)O)[C@@H](CC)CN1CC(=O)Nc1cc(OC)cc(OC)c1. The van der Waals surface area contributed by atoms with Crippen LogP contribution in [0.3, 0.4) is 0 Å². The van der Waals surface area contributed by atoms with Crippen LogP contribution in [0.15, 0.2) is 18.2 Å². The van der Waals surface area contributed by atoms with E-state index in [1.54, 1.807) is 32.4 Å². The Morgan fingerprint density at radius 3 is 2.07 bits per heavy atom. The first kappa shape index (κ1) is 23.4. The molecule has 1 aromatic rings. The maximum atomic E-state index is 12.8. The van der Waals surface area contributed by atoms with Gasteiger partial charge in [0.25, 0.3) is 0 Å². The summed E-state index contributed by atoms with van der Waals surface area (Å²) in [5, 5.41) is 13.2. The molecule has 1 aliphatic heterocycles. The van der Waals surface area contributed by atoms with Gasteiger partial charge in [-0.15, -0.1) is 0 Å². The van der Waals surface area contributed by atoms with Crippen molar-refractivity contribution in [2.75, 3.05) is 45.7 Å². The molecule has 0 bridgehead atoms. The Bertz CT molecular complexity index is 652. The molecule has 0 radical (unpaired) electrons. The standard InChI is InChI=1S/C22H37N3O4/c1-7-17-13-25(15-22(3,4)27)18(8-2)12-24(17)14-21(26)23-16-9-19(28-5)11-20(10-16)29-6/h9-11,17-18,27H,7-8,12-15H2,1-6H3,(H,23,26)/t17-,18+/m1/s1. The number of hydrogen-bond acceptors (Lipinski definition) is 6. The highest BCUT2D eigenvalue weighted by molar-refractivity contribution is 5.92. The van der Waals surface area contributed by atoms with E-state index in [1.807, 2.05) is 13.8 Å². The predicted octanol–water partition coefficient (Wildman–Crippen LogP) is 2.59. The van der Waals surface area contributed by atoms with Gasteiger partial charge in [0.2, 0.25) is 5.91 Å². The molecule has 2 rings (SSSR count). The minimum absolute atomic E-state index is 0.0513. The molecule has 1 saturated heterocycles. The number of methoxy groups -OCH3 is 2. The molecule has 2 N–H and O–H groups in total. The van der Waals surface area contributed by atoms with E-state index in [0.29, 0.717) is 36.3 Å². The first-order valence-corrected chi connectivity index (χ1v) is 10.4. The molecule has 0 unspecified atom stereocenters. The van der Waals surface area contributed by atoms with Crippen LogP contribution in [0.2, 0.25) is 0 Å². The predicted molar refractivity (Wildman–Crippen MR) is 116 cm³/mol. The van der Waals surface area contributed by atoms with Gasteiger partial charge in [-0.3, -0.25) is 14.6 Å². The summed E-state index contributed by atoms with van der Waals surface area (Å²) in [4.78, 5) is 17.4. The zero-order valence-electron chi connectivity index (χ0n) is 18.7. The number of benzene rings is 1. The Morgan fingerprint density at radius 2 is 1.59 bits per heavy atom. The zero-order chi connectivity index (χ0) is 21.6. The lowest BCUT2D eigenvalue weighted by molar-refractivity contribution is -0.119. The molecule has 29 heavy (non-hydrogen) atoms. The van der Waals surface area contributed by atoms with Crippen molar-refractivity contribution in [3.05, 3.63) is 18.2 Å². The van der Waals surface area contributed by atoms with Gasteiger partial charge in [-0.05, 0) is 26.7 Å². The minimum Gasteiger partial charge on any atom is -0.497 e. The van der Waals surface area contributed by atoms with Crippen LogP contribution < -0.4 is 14.8 Å². The normalized spacial score (nSPS) is 21.1. The van der Waals surface area contributed by atoms with Crippen molar-refractivity contribution in [3.63, 3.8) is 0 Å². The van der Waals surface area contributed by atoms with Gasteiger partial charge in [-0.2, -0.15) is 0 Å². The molecule has 1 fully saturated rings. The number of aliphatic hydroxyl groups is 1. The number of amides is 1. The molecule has 0 aromatic heterocycles. The van der Waals surface area contributed by atoms with E-state index in [2.05, 4.69) is 29.0 Å². The third kappa shape index (κ3) is 6.87. The van der Waals surface area contributed by atoms with Gasteiger partial charge in [0.05, 0.1) is 26.4 Å². The lowest BCUT2D eigenvalue weighted by atomic mass is 9.99. The molecule has 2 atom stereocenters. The maximum Gasteiger partial charge on any atom is 0.238 e. The summed E-state index contributed by atoms with van der Waals surface area (Å²) >= 11 is 0. The molecule has 7 nitrogen and oxygen atoms in total. The fourth-order valence-corrected chi connectivity index (χ4v) is 3.99. The quantitative estimate of drug-likeness (QED) is 0.655. The summed E-state index contributed by atoms with van der Waals surface area (Å²) < 4.78 is 10.6. The third-order valence-corrected chi connectivity index (χ3v) is 5.44. The van der Waals surface area contributed by atoms with E-state index >= 15 is 0 Å². The number of ether oxygens (including phenoxy) is 2. The molecule has 0 saturated carbocycles. The van der Waals surface area contributed by atoms with Crippen molar-refractivity contribution in [1.82, 2.24) is 9.80 Å². The summed E-state index contributed by atoms with van der Waals surface area (Å²) in [6.45, 7) is 10.7. The second kappa shape index (κ2) is 10.3. The number of β-amino-alcohol motifs (C(OH)–C–C–N with tert-alkyl or cyclic N) is 1. The van der Waals surface area contributed by atoms with Gasteiger partial charge in [0, 0.05) is 55.6 Å². The fourth-order valence-electron chi connectivity index (χ4n) is 3.99. The van der Waals surface area contributed by atoms with Crippen LogP contribution in [0.1, 0.15) is 40.5 Å². The van der Waals surface area contributed by atoms with Crippen LogP contribution in [-0.4, -0.2) is 78.9 Å². The molecule has 7 heteroatoms. The molecule has 164 valence electrons. The second-order valence-corrected chi connectivity index (χ2v) is 8.44. The van der Waals surface area contributed by atoms with E-state index in [0.717, 1.165) is 25.9 Å². The first-order chi connectivity index (χ1) is 13.7. The van der Waals surface area contributed by atoms with E-state index < -0.39 is 5.60 Å². The van der Waals surface area contributed by atoms with Crippen LogP contribution in [0.4, 0.5) is 5.69 Å². The molecular formula is C22H37N3O4. The van der Waals surface area contributed by atoms with Gasteiger partial charge >= 0.3 is 0 Å². The Morgan fingerprint density at radius 1 is 1.07 bits per heavy atom. The smallest absolute Gasteiger partial charge is 0.238 e. The third-order valence-electron chi connectivity index (χ3n) is 5.44. The second-order valence-electron chi connectivity index (χ2n) is 8.44.